The highest BCUT2D eigenvalue weighted by Crippen LogP contribution is 2.39. The van der Waals surface area contributed by atoms with Gasteiger partial charge >= 0.3 is 17.8 Å². The van der Waals surface area contributed by atoms with Crippen molar-refractivity contribution in [2.75, 3.05) is 33.3 Å². The number of amidine groups is 2. The number of esters is 1. The summed E-state index contributed by atoms with van der Waals surface area (Å²) >= 11 is 0. The molecule has 2 fully saturated rings. The first-order valence-corrected chi connectivity index (χ1v) is 7.90. The highest BCUT2D eigenvalue weighted by molar-refractivity contribution is 5.97. The van der Waals surface area contributed by atoms with Gasteiger partial charge in [-0.15, -0.1) is 0 Å². The lowest BCUT2D eigenvalue weighted by atomic mass is 10.1. The van der Waals surface area contributed by atoms with Gasteiger partial charge in [-0.1, -0.05) is 0 Å². The molecule has 0 unspecified atom stereocenters. The molecule has 134 valence electrons. The van der Waals surface area contributed by atoms with Crippen molar-refractivity contribution in [1.29, 1.82) is 0 Å². The summed E-state index contributed by atoms with van der Waals surface area (Å²) in [5, 5.41) is 0. The van der Waals surface area contributed by atoms with Gasteiger partial charge < -0.3 is 19.3 Å². The van der Waals surface area contributed by atoms with E-state index in [1.807, 2.05) is 0 Å². The van der Waals surface area contributed by atoms with Crippen LogP contribution in [0, 0.1) is 0 Å². The van der Waals surface area contributed by atoms with Gasteiger partial charge in [-0.05, 0) is 25.7 Å². The smallest absolute Gasteiger partial charge is 0.446 e. The number of rotatable bonds is 1. The molecule has 10 heteroatoms. The van der Waals surface area contributed by atoms with Crippen molar-refractivity contribution in [3.05, 3.63) is 0 Å². The van der Waals surface area contributed by atoms with E-state index in [-0.39, 0.29) is 12.0 Å². The highest BCUT2D eigenvalue weighted by atomic mass is 19.4. The van der Waals surface area contributed by atoms with Gasteiger partial charge in [0.2, 0.25) is 0 Å². The van der Waals surface area contributed by atoms with Crippen LogP contribution in [0.2, 0.25) is 0 Å². The van der Waals surface area contributed by atoms with Gasteiger partial charge in [-0.3, -0.25) is 0 Å². The molecular formula is C14H19F3N4O3. The normalized spacial score (nSPS) is 23.7. The van der Waals surface area contributed by atoms with Crippen molar-refractivity contribution < 1.29 is 27.4 Å². The van der Waals surface area contributed by atoms with E-state index in [2.05, 4.69) is 14.7 Å². The first-order chi connectivity index (χ1) is 11.4. The molecule has 24 heavy (non-hydrogen) atoms. The van der Waals surface area contributed by atoms with Crippen LogP contribution in [0.15, 0.2) is 9.98 Å². The molecule has 0 aromatic carbocycles. The monoisotopic (exact) mass is 348 g/mol. The molecule has 7 nitrogen and oxygen atoms in total. The summed E-state index contributed by atoms with van der Waals surface area (Å²) in [5.41, 5.74) is -3.31. The molecule has 0 amide bonds. The van der Waals surface area contributed by atoms with Crippen molar-refractivity contribution in [3.63, 3.8) is 0 Å². The minimum Gasteiger partial charge on any atom is -0.465 e. The minimum atomic E-state index is -5.03. The molecule has 3 aliphatic rings. The summed E-state index contributed by atoms with van der Waals surface area (Å²) in [6, 6.07) is -0.431. The van der Waals surface area contributed by atoms with Crippen molar-refractivity contribution in [3.8, 4) is 0 Å². The Bertz CT molecular complexity index is 532. The summed E-state index contributed by atoms with van der Waals surface area (Å²) in [5.74, 6) is -1.56. The van der Waals surface area contributed by atoms with Gasteiger partial charge in [0.15, 0.2) is 0 Å². The van der Waals surface area contributed by atoms with E-state index in [9.17, 15) is 18.0 Å². The van der Waals surface area contributed by atoms with Crippen molar-refractivity contribution in [2.45, 2.75) is 37.5 Å². The van der Waals surface area contributed by atoms with Gasteiger partial charge in [0.1, 0.15) is 0 Å². The Labute approximate surface area is 137 Å². The number of hydrogen-bond donors (Lipinski definition) is 0. The zero-order valence-electron chi connectivity index (χ0n) is 13.3. The van der Waals surface area contributed by atoms with E-state index >= 15 is 0 Å². The Hall–Kier alpha value is -2.00. The second-order valence-electron chi connectivity index (χ2n) is 5.94. The third kappa shape index (κ3) is 2.78. The molecule has 2 saturated heterocycles. The summed E-state index contributed by atoms with van der Waals surface area (Å²) in [4.78, 5) is 22.3. The molecule has 0 bridgehead atoms. The second kappa shape index (κ2) is 6.14. The lowest BCUT2D eigenvalue weighted by molar-refractivity contribution is -0.203. The van der Waals surface area contributed by atoms with Crippen LogP contribution in [-0.4, -0.2) is 72.9 Å². The fraction of sp³-hybridized carbons (Fsp3) is 0.786. The highest BCUT2D eigenvalue weighted by Gasteiger charge is 2.65. The first kappa shape index (κ1) is 16.8. The van der Waals surface area contributed by atoms with Crippen LogP contribution >= 0.6 is 0 Å². The quantitative estimate of drug-likeness (QED) is 0.669. The van der Waals surface area contributed by atoms with E-state index in [0.29, 0.717) is 26.2 Å². The number of aliphatic imine (C=N–C) groups is 2. The molecule has 0 N–H and O–H groups in total. The maximum Gasteiger partial charge on any atom is 0.446 e. The van der Waals surface area contributed by atoms with Gasteiger partial charge in [-0.2, -0.15) is 23.2 Å². The van der Waals surface area contributed by atoms with E-state index in [4.69, 9.17) is 4.74 Å². The van der Waals surface area contributed by atoms with Gasteiger partial charge in [0.25, 0.3) is 12.0 Å². The van der Waals surface area contributed by atoms with Crippen molar-refractivity contribution in [1.82, 2.24) is 9.80 Å². The molecule has 0 atom stereocenters. The Kier molecular flexibility index (Phi) is 4.31. The van der Waals surface area contributed by atoms with Crippen LogP contribution in [0.4, 0.5) is 13.2 Å². The van der Waals surface area contributed by atoms with Gasteiger partial charge in [-0.25, -0.2) is 4.79 Å². The molecule has 3 heterocycles. The number of carbonyl (C=O) groups is 1. The van der Waals surface area contributed by atoms with E-state index in [0.717, 1.165) is 32.8 Å². The predicted molar refractivity (Wildman–Crippen MR) is 78.4 cm³/mol. The summed E-state index contributed by atoms with van der Waals surface area (Å²) in [6.45, 7) is 2.12. The fourth-order valence-corrected chi connectivity index (χ4v) is 2.99. The molecule has 0 aromatic heterocycles. The Balaban J connectivity index is 2.05. The number of alkyl halides is 3. The summed E-state index contributed by atoms with van der Waals surface area (Å²) < 4.78 is 51.2. The predicted octanol–water partition coefficient (Wildman–Crippen LogP) is 1.35. The largest absolute Gasteiger partial charge is 0.465 e. The zero-order valence-corrected chi connectivity index (χ0v) is 13.3. The zero-order chi connectivity index (χ0) is 17.4. The first-order valence-electron chi connectivity index (χ1n) is 7.90. The number of likely N-dealkylation sites (tertiary alicyclic amines) is 2. The molecule has 0 spiro atoms. The Morgan fingerprint density at radius 2 is 1.46 bits per heavy atom. The third-order valence-corrected chi connectivity index (χ3v) is 4.32. The van der Waals surface area contributed by atoms with E-state index < -0.39 is 17.8 Å². The minimum absolute atomic E-state index is 0.216. The fourth-order valence-electron chi connectivity index (χ4n) is 2.99. The molecule has 0 aliphatic carbocycles. The van der Waals surface area contributed by atoms with Crippen molar-refractivity contribution in [2.24, 2.45) is 9.98 Å². The number of carbonyl (C=O) groups excluding carboxylic acids is 1. The van der Waals surface area contributed by atoms with Crippen LogP contribution in [0.3, 0.4) is 0 Å². The molecular weight excluding hydrogens is 329 g/mol. The third-order valence-electron chi connectivity index (χ3n) is 4.32. The average Bonchev–Trinajstić information content (AvgIpc) is 3.25. The Morgan fingerprint density at radius 3 is 1.79 bits per heavy atom. The molecule has 0 radical (unpaired) electrons. The number of nitrogens with zero attached hydrogens (tertiary/aromatic N) is 4. The summed E-state index contributed by atoms with van der Waals surface area (Å²) in [7, 11) is 0.890. The SMILES string of the molecule is COC(=O)C1(C(F)(F)F)N=C(N2CCCC2)OC(N2CCCC2)=N1. The number of halogens is 3. The molecule has 0 saturated carbocycles. The lowest BCUT2D eigenvalue weighted by Crippen LogP contribution is -2.56. The van der Waals surface area contributed by atoms with Crippen LogP contribution in [0.1, 0.15) is 25.7 Å². The average molecular weight is 348 g/mol. The maximum absolute atomic E-state index is 13.7. The molecule has 3 aliphatic heterocycles. The van der Waals surface area contributed by atoms with Crippen LogP contribution in [0.25, 0.3) is 0 Å². The van der Waals surface area contributed by atoms with Crippen LogP contribution < -0.4 is 0 Å². The van der Waals surface area contributed by atoms with Crippen LogP contribution in [-0.2, 0) is 14.3 Å². The van der Waals surface area contributed by atoms with E-state index in [1.165, 1.54) is 0 Å². The second-order valence-corrected chi connectivity index (χ2v) is 5.94. The number of hydrogen-bond acceptors (Lipinski definition) is 7. The molecule has 3 rings (SSSR count). The molecule has 0 aromatic rings. The summed E-state index contributed by atoms with van der Waals surface area (Å²) in [6.07, 6.45) is -1.71. The lowest BCUT2D eigenvalue weighted by Gasteiger charge is -2.34. The Morgan fingerprint density at radius 1 is 1.04 bits per heavy atom. The van der Waals surface area contributed by atoms with E-state index in [1.54, 1.807) is 9.80 Å². The van der Waals surface area contributed by atoms with Gasteiger partial charge in [0.05, 0.1) is 7.11 Å². The number of methoxy groups -OCH3 is 1. The van der Waals surface area contributed by atoms with Gasteiger partial charge in [0, 0.05) is 26.2 Å². The number of ether oxygens (including phenoxy) is 2. The topological polar surface area (TPSA) is 66.7 Å². The maximum atomic E-state index is 13.7. The standard InChI is InChI=1S/C14H19F3N4O3/c1-23-10(22)13(14(15,16)17)18-11(20-6-2-3-7-20)24-12(19-13)21-8-4-5-9-21/h2-9H2,1H3. The van der Waals surface area contributed by atoms with Crippen LogP contribution in [0.5, 0.6) is 0 Å². The van der Waals surface area contributed by atoms with Crippen molar-refractivity contribution >= 4 is 18.0 Å².